The number of anilines is 1. The monoisotopic (exact) mass is 297 g/mol. The molecular formula is C14H20ClN3O2. The lowest BCUT2D eigenvalue weighted by Crippen LogP contribution is -2.48. The summed E-state index contributed by atoms with van der Waals surface area (Å²) in [5.41, 5.74) is 0.729. The van der Waals surface area contributed by atoms with E-state index in [4.69, 9.17) is 0 Å². The lowest BCUT2D eigenvalue weighted by molar-refractivity contribution is -0.127. The van der Waals surface area contributed by atoms with Gasteiger partial charge in [-0.3, -0.25) is 9.59 Å². The van der Waals surface area contributed by atoms with Crippen molar-refractivity contribution in [2.24, 2.45) is 0 Å². The van der Waals surface area contributed by atoms with E-state index in [0.29, 0.717) is 0 Å². The minimum absolute atomic E-state index is 0. The molecule has 0 aromatic heterocycles. The average molecular weight is 298 g/mol. The summed E-state index contributed by atoms with van der Waals surface area (Å²) in [7, 11) is 0. The molecule has 2 rings (SSSR count). The number of amides is 2. The summed E-state index contributed by atoms with van der Waals surface area (Å²) < 4.78 is 0. The molecule has 1 fully saturated rings. The number of hydrogen-bond acceptors (Lipinski definition) is 3. The van der Waals surface area contributed by atoms with Crippen molar-refractivity contribution in [2.45, 2.75) is 31.8 Å². The Labute approximate surface area is 124 Å². The zero-order chi connectivity index (χ0) is 13.7. The maximum atomic E-state index is 11.9. The molecular weight excluding hydrogens is 278 g/mol. The van der Waals surface area contributed by atoms with Gasteiger partial charge in [0.1, 0.15) is 6.04 Å². The fraction of sp³-hybridized carbons (Fsp3) is 0.429. The van der Waals surface area contributed by atoms with Gasteiger partial charge in [0.25, 0.3) is 0 Å². The highest BCUT2D eigenvalue weighted by Gasteiger charge is 2.24. The minimum atomic E-state index is -0.546. The fourth-order valence-corrected chi connectivity index (χ4v) is 2.06. The third-order valence-electron chi connectivity index (χ3n) is 3.17. The number of carbonyl (C=O) groups excluding carboxylic acids is 2. The normalized spacial score (nSPS) is 18.8. The molecule has 2 atom stereocenters. The standard InChI is InChI=1S/C14H19N3O2.ClH/c1-10(16-14(19)12-8-5-9-15-12)13(18)17-11-6-3-2-4-7-11;/h2-4,6-7,10,12,15H,5,8-9H2,1H3,(H,16,19)(H,17,18);1H. The SMILES string of the molecule is CC(NC(=O)C1CCCN1)C(=O)Nc1ccccc1.Cl. The van der Waals surface area contributed by atoms with Gasteiger partial charge in [-0.2, -0.15) is 0 Å². The first-order chi connectivity index (χ1) is 9.16. The fourth-order valence-electron chi connectivity index (χ4n) is 2.06. The molecule has 1 heterocycles. The smallest absolute Gasteiger partial charge is 0.246 e. The summed E-state index contributed by atoms with van der Waals surface area (Å²) in [4.78, 5) is 23.8. The second-order valence-corrected chi connectivity index (χ2v) is 4.73. The van der Waals surface area contributed by atoms with Crippen molar-refractivity contribution in [3.8, 4) is 0 Å². The van der Waals surface area contributed by atoms with E-state index in [1.165, 1.54) is 0 Å². The van der Waals surface area contributed by atoms with E-state index in [1.807, 2.05) is 30.3 Å². The van der Waals surface area contributed by atoms with Crippen molar-refractivity contribution < 1.29 is 9.59 Å². The van der Waals surface area contributed by atoms with E-state index in [0.717, 1.165) is 25.1 Å². The van der Waals surface area contributed by atoms with E-state index < -0.39 is 6.04 Å². The molecule has 0 aliphatic carbocycles. The van der Waals surface area contributed by atoms with Gasteiger partial charge in [0.15, 0.2) is 0 Å². The lowest BCUT2D eigenvalue weighted by atomic mass is 10.2. The predicted molar refractivity (Wildman–Crippen MR) is 80.9 cm³/mol. The summed E-state index contributed by atoms with van der Waals surface area (Å²) in [6.07, 6.45) is 1.83. The Balaban J connectivity index is 0.00000200. The Bertz CT molecular complexity index is 447. The minimum Gasteiger partial charge on any atom is -0.343 e. The van der Waals surface area contributed by atoms with Gasteiger partial charge in [-0.15, -0.1) is 12.4 Å². The number of para-hydroxylation sites is 1. The van der Waals surface area contributed by atoms with Crippen molar-refractivity contribution in [2.75, 3.05) is 11.9 Å². The molecule has 1 aliphatic rings. The Kier molecular flexibility index (Phi) is 6.48. The second-order valence-electron chi connectivity index (χ2n) is 4.73. The molecule has 110 valence electrons. The van der Waals surface area contributed by atoms with Crippen LogP contribution >= 0.6 is 12.4 Å². The largest absolute Gasteiger partial charge is 0.343 e. The summed E-state index contributed by atoms with van der Waals surface area (Å²) in [5.74, 6) is -0.314. The Morgan fingerprint density at radius 2 is 2.00 bits per heavy atom. The first-order valence-corrected chi connectivity index (χ1v) is 6.56. The van der Waals surface area contributed by atoms with Crippen molar-refractivity contribution in [1.82, 2.24) is 10.6 Å². The molecule has 3 N–H and O–H groups in total. The molecule has 6 heteroatoms. The third kappa shape index (κ3) is 4.51. The first kappa shape index (κ1) is 16.5. The van der Waals surface area contributed by atoms with Crippen LogP contribution in [-0.4, -0.2) is 30.4 Å². The van der Waals surface area contributed by atoms with Crippen molar-refractivity contribution in [1.29, 1.82) is 0 Å². The maximum absolute atomic E-state index is 11.9. The van der Waals surface area contributed by atoms with Gasteiger partial charge < -0.3 is 16.0 Å². The third-order valence-corrected chi connectivity index (χ3v) is 3.17. The Morgan fingerprint density at radius 3 is 2.60 bits per heavy atom. The van der Waals surface area contributed by atoms with Crippen LogP contribution in [-0.2, 0) is 9.59 Å². The van der Waals surface area contributed by atoms with E-state index in [-0.39, 0.29) is 30.3 Å². The van der Waals surface area contributed by atoms with Gasteiger partial charge in [-0.1, -0.05) is 18.2 Å². The molecule has 1 aromatic carbocycles. The van der Waals surface area contributed by atoms with Crippen LogP contribution < -0.4 is 16.0 Å². The molecule has 1 aliphatic heterocycles. The highest BCUT2D eigenvalue weighted by Crippen LogP contribution is 2.07. The Morgan fingerprint density at radius 1 is 1.30 bits per heavy atom. The topological polar surface area (TPSA) is 70.2 Å². The van der Waals surface area contributed by atoms with Crippen LogP contribution in [0.3, 0.4) is 0 Å². The van der Waals surface area contributed by atoms with Crippen molar-refractivity contribution in [3.05, 3.63) is 30.3 Å². The van der Waals surface area contributed by atoms with Crippen LogP contribution in [0.1, 0.15) is 19.8 Å². The molecule has 20 heavy (non-hydrogen) atoms. The summed E-state index contributed by atoms with van der Waals surface area (Å²) in [5, 5.41) is 8.60. The second kappa shape index (κ2) is 7.87. The zero-order valence-corrected chi connectivity index (χ0v) is 12.2. The number of carbonyl (C=O) groups is 2. The zero-order valence-electron chi connectivity index (χ0n) is 11.4. The molecule has 0 saturated carbocycles. The highest BCUT2D eigenvalue weighted by molar-refractivity contribution is 5.97. The van der Waals surface area contributed by atoms with Crippen LogP contribution in [0.25, 0.3) is 0 Å². The molecule has 1 aromatic rings. The summed E-state index contributed by atoms with van der Waals surface area (Å²) >= 11 is 0. The molecule has 5 nitrogen and oxygen atoms in total. The van der Waals surface area contributed by atoms with Gasteiger partial charge in [-0.05, 0) is 38.4 Å². The van der Waals surface area contributed by atoms with Crippen molar-refractivity contribution in [3.63, 3.8) is 0 Å². The van der Waals surface area contributed by atoms with E-state index in [9.17, 15) is 9.59 Å². The quantitative estimate of drug-likeness (QED) is 0.785. The highest BCUT2D eigenvalue weighted by atomic mass is 35.5. The van der Waals surface area contributed by atoms with Gasteiger partial charge in [0, 0.05) is 5.69 Å². The van der Waals surface area contributed by atoms with Gasteiger partial charge in [-0.25, -0.2) is 0 Å². The van der Waals surface area contributed by atoms with Crippen LogP contribution in [0.2, 0.25) is 0 Å². The van der Waals surface area contributed by atoms with Gasteiger partial charge in [0.05, 0.1) is 6.04 Å². The summed E-state index contributed by atoms with van der Waals surface area (Å²) in [6.45, 7) is 2.55. The summed E-state index contributed by atoms with van der Waals surface area (Å²) in [6, 6.07) is 8.49. The number of benzene rings is 1. The number of halogens is 1. The van der Waals surface area contributed by atoms with E-state index in [1.54, 1.807) is 6.92 Å². The lowest BCUT2D eigenvalue weighted by Gasteiger charge is -2.17. The number of rotatable bonds is 4. The molecule has 2 amide bonds. The average Bonchev–Trinajstić information content (AvgIpc) is 2.93. The molecule has 1 saturated heterocycles. The Hall–Kier alpha value is -1.59. The molecule has 0 spiro atoms. The first-order valence-electron chi connectivity index (χ1n) is 6.56. The van der Waals surface area contributed by atoms with E-state index >= 15 is 0 Å². The van der Waals surface area contributed by atoms with Gasteiger partial charge >= 0.3 is 0 Å². The van der Waals surface area contributed by atoms with Crippen molar-refractivity contribution >= 4 is 29.9 Å². The van der Waals surface area contributed by atoms with Crippen LogP contribution in [0.4, 0.5) is 5.69 Å². The van der Waals surface area contributed by atoms with Crippen LogP contribution in [0, 0.1) is 0 Å². The predicted octanol–water partition coefficient (Wildman–Crippen LogP) is 1.30. The number of nitrogens with one attached hydrogen (secondary N) is 3. The van der Waals surface area contributed by atoms with Crippen LogP contribution in [0.5, 0.6) is 0 Å². The number of hydrogen-bond donors (Lipinski definition) is 3. The van der Waals surface area contributed by atoms with Gasteiger partial charge in [0.2, 0.25) is 11.8 Å². The van der Waals surface area contributed by atoms with E-state index in [2.05, 4.69) is 16.0 Å². The van der Waals surface area contributed by atoms with Crippen LogP contribution in [0.15, 0.2) is 30.3 Å². The molecule has 2 unspecified atom stereocenters. The maximum Gasteiger partial charge on any atom is 0.246 e. The molecule has 0 bridgehead atoms. The molecule has 0 radical (unpaired) electrons.